The molecular weight excluding hydrogens is 164 g/mol. The first-order valence-electron chi connectivity index (χ1n) is 4.68. The summed E-state index contributed by atoms with van der Waals surface area (Å²) in [4.78, 5) is 1.51. The number of rotatable bonds is 3. The Morgan fingerprint density at radius 3 is 2.42 bits per heavy atom. The normalized spacial score (nSPS) is 12.0. The predicted octanol–water partition coefficient (Wildman–Crippen LogP) is 4.00. The second-order valence-electron chi connectivity index (χ2n) is 3.89. The van der Waals surface area contributed by atoms with Gasteiger partial charge in [0.05, 0.1) is 0 Å². The van der Waals surface area contributed by atoms with Crippen LogP contribution in [0, 0.1) is 0 Å². The lowest BCUT2D eigenvalue weighted by molar-refractivity contribution is 0.508. The van der Waals surface area contributed by atoms with Crippen LogP contribution in [-0.2, 0) is 11.8 Å². The van der Waals surface area contributed by atoms with Gasteiger partial charge in [0.2, 0.25) is 0 Å². The van der Waals surface area contributed by atoms with Gasteiger partial charge in [-0.15, -0.1) is 11.3 Å². The van der Waals surface area contributed by atoms with Crippen LogP contribution in [0.4, 0.5) is 0 Å². The molecule has 0 radical (unpaired) electrons. The molecule has 0 saturated heterocycles. The van der Waals surface area contributed by atoms with Crippen LogP contribution in [0.15, 0.2) is 11.4 Å². The smallest absolute Gasteiger partial charge is 0.00455 e. The molecule has 0 atom stereocenters. The van der Waals surface area contributed by atoms with Gasteiger partial charge in [0.25, 0.3) is 0 Å². The number of aryl methyl sites for hydroxylation is 1. The highest BCUT2D eigenvalue weighted by atomic mass is 32.1. The van der Waals surface area contributed by atoms with Crippen molar-refractivity contribution in [2.75, 3.05) is 0 Å². The van der Waals surface area contributed by atoms with E-state index in [4.69, 9.17) is 0 Å². The molecule has 68 valence electrons. The molecule has 0 fully saturated rings. The quantitative estimate of drug-likeness (QED) is 0.663. The van der Waals surface area contributed by atoms with Gasteiger partial charge in [-0.3, -0.25) is 0 Å². The molecule has 0 saturated carbocycles. The van der Waals surface area contributed by atoms with Crippen LogP contribution in [0.25, 0.3) is 0 Å². The van der Waals surface area contributed by atoms with E-state index < -0.39 is 0 Å². The van der Waals surface area contributed by atoms with Gasteiger partial charge in [0, 0.05) is 4.88 Å². The topological polar surface area (TPSA) is 0 Å². The molecule has 0 amide bonds. The van der Waals surface area contributed by atoms with E-state index in [9.17, 15) is 0 Å². The minimum Gasteiger partial charge on any atom is -0.149 e. The van der Waals surface area contributed by atoms with Crippen LogP contribution < -0.4 is 0 Å². The lowest BCUT2D eigenvalue weighted by Crippen LogP contribution is -2.13. The molecule has 0 aliphatic heterocycles. The first-order chi connectivity index (χ1) is 5.60. The summed E-state index contributed by atoms with van der Waals surface area (Å²) in [5.41, 5.74) is 1.87. The maximum absolute atomic E-state index is 2.36. The highest BCUT2D eigenvalue weighted by Crippen LogP contribution is 2.30. The molecule has 0 spiro atoms. The van der Waals surface area contributed by atoms with Crippen molar-refractivity contribution in [3.8, 4) is 0 Å². The number of thiophene rings is 1. The Balaban J connectivity index is 2.88. The Labute approximate surface area is 79.6 Å². The van der Waals surface area contributed by atoms with E-state index in [2.05, 4.69) is 39.1 Å². The Morgan fingerprint density at radius 1 is 1.33 bits per heavy atom. The zero-order valence-electron chi connectivity index (χ0n) is 8.48. The van der Waals surface area contributed by atoms with Gasteiger partial charge in [0.1, 0.15) is 0 Å². The fourth-order valence-electron chi connectivity index (χ4n) is 1.13. The molecule has 0 nitrogen and oxygen atoms in total. The summed E-state index contributed by atoms with van der Waals surface area (Å²) in [5.74, 6) is 0. The van der Waals surface area contributed by atoms with Gasteiger partial charge in [0.15, 0.2) is 0 Å². The average Bonchev–Trinajstić information content (AvgIpc) is 2.52. The maximum atomic E-state index is 2.36. The molecular formula is C11H18S. The van der Waals surface area contributed by atoms with E-state index in [0.29, 0.717) is 5.41 Å². The second-order valence-corrected chi connectivity index (χ2v) is 4.89. The van der Waals surface area contributed by atoms with Crippen molar-refractivity contribution in [3.63, 3.8) is 0 Å². The van der Waals surface area contributed by atoms with Crippen molar-refractivity contribution < 1.29 is 0 Å². The van der Waals surface area contributed by atoms with Crippen molar-refractivity contribution >= 4 is 11.3 Å². The molecule has 1 heteroatoms. The third-order valence-electron chi connectivity index (χ3n) is 2.67. The molecule has 1 aromatic heterocycles. The minimum absolute atomic E-state index is 0.365. The van der Waals surface area contributed by atoms with Crippen molar-refractivity contribution in [1.29, 1.82) is 0 Å². The maximum Gasteiger partial charge on any atom is 0.00455 e. The molecule has 0 unspecified atom stereocenters. The third kappa shape index (κ3) is 1.89. The van der Waals surface area contributed by atoms with Gasteiger partial charge >= 0.3 is 0 Å². The van der Waals surface area contributed by atoms with E-state index in [0.717, 1.165) is 0 Å². The van der Waals surface area contributed by atoms with Crippen LogP contribution in [0.1, 0.15) is 44.6 Å². The average molecular weight is 182 g/mol. The van der Waals surface area contributed by atoms with Gasteiger partial charge in [-0.25, -0.2) is 0 Å². The Kier molecular flexibility index (Phi) is 2.94. The molecule has 0 aliphatic carbocycles. The van der Waals surface area contributed by atoms with Crippen LogP contribution in [-0.4, -0.2) is 0 Å². The lowest BCUT2D eigenvalue weighted by atomic mass is 9.84. The number of hydrogen-bond acceptors (Lipinski definition) is 1. The fraction of sp³-hybridized carbons (Fsp3) is 0.636. The Bertz CT molecular complexity index is 245. The third-order valence-corrected chi connectivity index (χ3v) is 3.75. The minimum atomic E-state index is 0.365. The highest BCUT2D eigenvalue weighted by molar-refractivity contribution is 7.10. The molecule has 12 heavy (non-hydrogen) atoms. The van der Waals surface area contributed by atoms with Crippen LogP contribution in [0.3, 0.4) is 0 Å². The molecule has 1 rings (SSSR count). The van der Waals surface area contributed by atoms with E-state index in [1.165, 1.54) is 23.3 Å². The summed E-state index contributed by atoms with van der Waals surface area (Å²) < 4.78 is 0. The first kappa shape index (κ1) is 9.79. The zero-order chi connectivity index (χ0) is 9.19. The van der Waals surface area contributed by atoms with E-state index in [1.807, 2.05) is 11.3 Å². The van der Waals surface area contributed by atoms with Crippen LogP contribution in [0.2, 0.25) is 0 Å². The van der Waals surface area contributed by atoms with Crippen LogP contribution in [0.5, 0.6) is 0 Å². The zero-order valence-corrected chi connectivity index (χ0v) is 9.29. The summed E-state index contributed by atoms with van der Waals surface area (Å²) in [6.45, 7) is 9.10. The summed E-state index contributed by atoms with van der Waals surface area (Å²) >= 11 is 1.89. The summed E-state index contributed by atoms with van der Waals surface area (Å²) in [7, 11) is 0. The second kappa shape index (κ2) is 3.61. The molecule has 1 aromatic rings. The van der Waals surface area contributed by atoms with Gasteiger partial charge in [-0.1, -0.05) is 27.7 Å². The lowest BCUT2D eigenvalue weighted by Gasteiger charge is -2.20. The molecule has 0 N–H and O–H groups in total. The Morgan fingerprint density at radius 2 is 2.00 bits per heavy atom. The van der Waals surface area contributed by atoms with Crippen molar-refractivity contribution in [2.24, 2.45) is 0 Å². The summed E-state index contributed by atoms with van der Waals surface area (Å²) in [6, 6.07) is 2.36. The summed E-state index contributed by atoms with van der Waals surface area (Å²) in [6.07, 6.45) is 2.39. The largest absolute Gasteiger partial charge is 0.149 e. The molecule has 1 heterocycles. The first-order valence-corrected chi connectivity index (χ1v) is 5.56. The predicted molar refractivity (Wildman–Crippen MR) is 57.0 cm³/mol. The van der Waals surface area contributed by atoms with Gasteiger partial charge < -0.3 is 0 Å². The molecule has 0 aliphatic rings. The SMILES string of the molecule is CCc1cc(C(C)(C)CC)cs1. The van der Waals surface area contributed by atoms with Gasteiger partial charge in [-0.2, -0.15) is 0 Å². The van der Waals surface area contributed by atoms with Crippen molar-refractivity contribution in [3.05, 3.63) is 21.9 Å². The monoisotopic (exact) mass is 182 g/mol. The molecule has 0 bridgehead atoms. The van der Waals surface area contributed by atoms with Crippen LogP contribution >= 0.6 is 11.3 Å². The highest BCUT2D eigenvalue weighted by Gasteiger charge is 2.18. The van der Waals surface area contributed by atoms with Crippen molar-refractivity contribution in [2.45, 2.75) is 46.0 Å². The standard InChI is InChI=1S/C11H18S/c1-5-10-7-9(8-12-10)11(3,4)6-2/h7-8H,5-6H2,1-4H3. The van der Waals surface area contributed by atoms with Gasteiger partial charge in [-0.05, 0) is 35.3 Å². The summed E-state index contributed by atoms with van der Waals surface area (Å²) in [5, 5.41) is 2.31. The van der Waals surface area contributed by atoms with E-state index in [-0.39, 0.29) is 0 Å². The van der Waals surface area contributed by atoms with E-state index >= 15 is 0 Å². The molecule has 0 aromatic carbocycles. The van der Waals surface area contributed by atoms with Crippen molar-refractivity contribution in [1.82, 2.24) is 0 Å². The fourth-order valence-corrected chi connectivity index (χ4v) is 2.15. The van der Waals surface area contributed by atoms with E-state index in [1.54, 1.807) is 0 Å². The number of hydrogen-bond donors (Lipinski definition) is 0. The Hall–Kier alpha value is -0.300.